The molecule has 0 radical (unpaired) electrons. The second kappa shape index (κ2) is 9.34. The molecular weight excluding hydrogens is 380 g/mol. The van der Waals surface area contributed by atoms with Gasteiger partial charge >= 0.3 is 0 Å². The lowest BCUT2D eigenvalue weighted by Crippen LogP contribution is -2.36. The molecule has 29 heavy (non-hydrogen) atoms. The summed E-state index contributed by atoms with van der Waals surface area (Å²) in [6, 6.07) is 18.9. The minimum absolute atomic E-state index is 0.189. The number of benzene rings is 2. The van der Waals surface area contributed by atoms with E-state index in [9.17, 15) is 9.59 Å². The van der Waals surface area contributed by atoms with Gasteiger partial charge in [-0.1, -0.05) is 48.5 Å². The Hall–Kier alpha value is -3.18. The average molecular weight is 405 g/mol. The van der Waals surface area contributed by atoms with Crippen molar-refractivity contribution in [1.29, 1.82) is 0 Å². The molecule has 2 amide bonds. The van der Waals surface area contributed by atoms with Crippen molar-refractivity contribution in [1.82, 2.24) is 10.6 Å². The van der Waals surface area contributed by atoms with Crippen molar-refractivity contribution in [3.05, 3.63) is 98.9 Å². The smallest absolute Gasteiger partial charge is 0.268 e. The molecule has 2 N–H and O–H groups in total. The quantitative estimate of drug-likeness (QED) is 0.567. The van der Waals surface area contributed by atoms with Crippen LogP contribution in [0, 0.1) is 13.8 Å². The third-order valence-electron chi connectivity index (χ3n) is 4.71. The monoisotopic (exact) mass is 404 g/mol. The molecule has 1 aromatic heterocycles. The van der Waals surface area contributed by atoms with Gasteiger partial charge in [-0.25, -0.2) is 0 Å². The average Bonchev–Trinajstić information content (AvgIpc) is 3.21. The van der Waals surface area contributed by atoms with Gasteiger partial charge in [-0.3, -0.25) is 9.59 Å². The summed E-state index contributed by atoms with van der Waals surface area (Å²) in [7, 11) is 0. The molecule has 0 unspecified atom stereocenters. The summed E-state index contributed by atoms with van der Waals surface area (Å²) in [5, 5.41) is 7.74. The Morgan fingerprint density at radius 3 is 2.28 bits per heavy atom. The molecule has 0 bridgehead atoms. The van der Waals surface area contributed by atoms with E-state index in [-0.39, 0.29) is 23.6 Å². The van der Waals surface area contributed by atoms with Crippen molar-refractivity contribution in [3.63, 3.8) is 0 Å². The number of hydrogen-bond acceptors (Lipinski definition) is 3. The first-order valence-corrected chi connectivity index (χ1v) is 10.3. The summed E-state index contributed by atoms with van der Waals surface area (Å²) in [6.07, 6.45) is 1.71. The van der Waals surface area contributed by atoms with E-state index in [1.54, 1.807) is 12.1 Å². The second-order valence-electron chi connectivity index (χ2n) is 6.89. The lowest BCUT2D eigenvalue weighted by molar-refractivity contribution is -0.118. The third kappa shape index (κ3) is 5.21. The van der Waals surface area contributed by atoms with Crippen LogP contribution in [0.15, 0.2) is 71.7 Å². The van der Waals surface area contributed by atoms with Crippen molar-refractivity contribution in [2.45, 2.75) is 26.8 Å². The van der Waals surface area contributed by atoms with Gasteiger partial charge in [0.05, 0.1) is 6.04 Å². The van der Waals surface area contributed by atoms with Crippen LogP contribution in [-0.4, -0.2) is 11.8 Å². The summed E-state index contributed by atoms with van der Waals surface area (Å²) >= 11 is 1.50. The van der Waals surface area contributed by atoms with Crippen LogP contribution >= 0.6 is 11.3 Å². The van der Waals surface area contributed by atoms with Gasteiger partial charge in [-0.05, 0) is 61.1 Å². The number of aryl methyl sites for hydroxylation is 2. The highest BCUT2D eigenvalue weighted by Crippen LogP contribution is 2.18. The number of amides is 2. The van der Waals surface area contributed by atoms with Crippen molar-refractivity contribution < 1.29 is 9.59 Å². The first-order valence-electron chi connectivity index (χ1n) is 9.44. The van der Waals surface area contributed by atoms with E-state index in [1.165, 1.54) is 11.3 Å². The number of rotatable bonds is 6. The fourth-order valence-corrected chi connectivity index (χ4v) is 3.77. The van der Waals surface area contributed by atoms with Gasteiger partial charge in [-0.15, -0.1) is 11.3 Å². The van der Waals surface area contributed by atoms with Gasteiger partial charge in [0.15, 0.2) is 0 Å². The molecule has 0 saturated heterocycles. The van der Waals surface area contributed by atoms with Crippen LogP contribution in [0.4, 0.5) is 0 Å². The normalized spacial score (nSPS) is 12.3. The Labute approximate surface area is 175 Å². The van der Waals surface area contributed by atoms with Gasteiger partial charge in [-0.2, -0.15) is 0 Å². The fraction of sp³-hybridized carbons (Fsp3) is 0.167. The molecule has 2 aromatic carbocycles. The van der Waals surface area contributed by atoms with Crippen molar-refractivity contribution in [3.8, 4) is 0 Å². The molecule has 4 nitrogen and oxygen atoms in total. The summed E-state index contributed by atoms with van der Waals surface area (Å²) in [6.45, 7) is 5.82. The second-order valence-corrected chi connectivity index (χ2v) is 7.87. The summed E-state index contributed by atoms with van der Waals surface area (Å²) in [5.41, 5.74) is 3.77. The Morgan fingerprint density at radius 2 is 1.62 bits per heavy atom. The van der Waals surface area contributed by atoms with Crippen molar-refractivity contribution in [2.75, 3.05) is 0 Å². The lowest BCUT2D eigenvalue weighted by atomic mass is 10.0. The third-order valence-corrected chi connectivity index (χ3v) is 5.53. The van der Waals surface area contributed by atoms with Gasteiger partial charge in [0.1, 0.15) is 5.70 Å². The molecule has 1 heterocycles. The number of carbonyl (C=O) groups is 2. The van der Waals surface area contributed by atoms with Crippen LogP contribution in [-0.2, 0) is 4.79 Å². The molecule has 0 aliphatic heterocycles. The number of hydrogen-bond donors (Lipinski definition) is 2. The highest BCUT2D eigenvalue weighted by Gasteiger charge is 2.19. The zero-order valence-corrected chi connectivity index (χ0v) is 17.5. The van der Waals surface area contributed by atoms with Crippen LogP contribution < -0.4 is 10.6 Å². The SMILES string of the molecule is Cc1ccccc1C(=O)N/C(=C\c1cccs1)C(=O)N[C@@H](C)c1ccccc1C. The van der Waals surface area contributed by atoms with Gasteiger partial charge in [0, 0.05) is 10.4 Å². The fourth-order valence-electron chi connectivity index (χ4n) is 3.12. The standard InChI is InChI=1S/C24H24N2O2S/c1-16-9-4-6-12-20(16)18(3)25-24(28)22(15-19-11-8-14-29-19)26-23(27)21-13-7-5-10-17(21)2/h4-15,18H,1-3H3,(H,25,28)(H,26,27)/b22-15-/t18-/m0/s1. The zero-order valence-electron chi connectivity index (χ0n) is 16.7. The Bertz CT molecular complexity index is 1040. The molecule has 1 atom stereocenters. The highest BCUT2D eigenvalue weighted by atomic mass is 32.1. The van der Waals surface area contributed by atoms with E-state index < -0.39 is 0 Å². The predicted octanol–water partition coefficient (Wildman–Crippen LogP) is 5.01. The minimum Gasteiger partial charge on any atom is -0.344 e. The molecule has 5 heteroatoms. The molecule has 148 valence electrons. The van der Waals surface area contributed by atoms with Gasteiger partial charge in [0.25, 0.3) is 11.8 Å². The topological polar surface area (TPSA) is 58.2 Å². The Kier molecular flexibility index (Phi) is 6.62. The first-order chi connectivity index (χ1) is 14.0. The van der Waals surface area contributed by atoms with Crippen LogP contribution in [0.25, 0.3) is 6.08 Å². The first kappa shape index (κ1) is 20.6. The van der Waals surface area contributed by atoms with Gasteiger partial charge in [0.2, 0.25) is 0 Å². The van der Waals surface area contributed by atoms with E-state index in [2.05, 4.69) is 10.6 Å². The number of thiophene rings is 1. The van der Waals surface area contributed by atoms with Crippen molar-refractivity contribution >= 4 is 29.2 Å². The summed E-state index contributed by atoms with van der Waals surface area (Å²) in [4.78, 5) is 26.7. The van der Waals surface area contributed by atoms with Crippen LogP contribution in [0.1, 0.15) is 44.9 Å². The van der Waals surface area contributed by atoms with Crippen LogP contribution in [0.5, 0.6) is 0 Å². The maximum atomic E-state index is 13.0. The molecule has 0 aliphatic rings. The Balaban J connectivity index is 1.84. The Morgan fingerprint density at radius 1 is 0.931 bits per heavy atom. The van der Waals surface area contributed by atoms with Crippen LogP contribution in [0.2, 0.25) is 0 Å². The number of carbonyl (C=O) groups excluding carboxylic acids is 2. The molecule has 0 spiro atoms. The maximum absolute atomic E-state index is 13.0. The predicted molar refractivity (Wildman–Crippen MR) is 119 cm³/mol. The highest BCUT2D eigenvalue weighted by molar-refractivity contribution is 7.10. The number of nitrogens with one attached hydrogen (secondary N) is 2. The van der Waals surface area contributed by atoms with Crippen LogP contribution in [0.3, 0.4) is 0 Å². The van der Waals surface area contributed by atoms with E-state index in [1.807, 2.05) is 80.7 Å². The van der Waals surface area contributed by atoms with Crippen molar-refractivity contribution in [2.24, 2.45) is 0 Å². The maximum Gasteiger partial charge on any atom is 0.268 e. The minimum atomic E-state index is -0.323. The molecule has 0 fully saturated rings. The summed E-state index contributed by atoms with van der Waals surface area (Å²) < 4.78 is 0. The summed E-state index contributed by atoms with van der Waals surface area (Å²) in [5.74, 6) is -0.624. The molecule has 3 rings (SSSR count). The molecule has 0 saturated carbocycles. The molecular formula is C24H24N2O2S. The molecule has 0 aliphatic carbocycles. The van der Waals surface area contributed by atoms with E-state index >= 15 is 0 Å². The largest absolute Gasteiger partial charge is 0.344 e. The molecule has 3 aromatic rings. The lowest BCUT2D eigenvalue weighted by Gasteiger charge is -2.18. The van der Waals surface area contributed by atoms with E-state index in [4.69, 9.17) is 0 Å². The van der Waals surface area contributed by atoms with E-state index in [0.29, 0.717) is 5.56 Å². The zero-order chi connectivity index (χ0) is 20.8. The van der Waals surface area contributed by atoms with Gasteiger partial charge < -0.3 is 10.6 Å². The van der Waals surface area contributed by atoms with E-state index in [0.717, 1.165) is 21.6 Å².